The molecule has 4 nitrogen and oxygen atoms in total. The average Bonchev–Trinajstić information content (AvgIpc) is 2.89. The van der Waals surface area contributed by atoms with Crippen LogP contribution < -0.4 is 0 Å². The third-order valence-electron chi connectivity index (χ3n) is 4.91. The molecule has 0 heterocycles. The molecule has 1 N–H and O–H groups in total. The molecule has 24 heavy (non-hydrogen) atoms. The number of benzene rings is 1. The van der Waals surface area contributed by atoms with Crippen molar-refractivity contribution in [2.24, 2.45) is 5.92 Å². The number of carboxylic acids is 1. The van der Waals surface area contributed by atoms with E-state index >= 15 is 0 Å². The van der Waals surface area contributed by atoms with Crippen LogP contribution in [0.3, 0.4) is 0 Å². The Morgan fingerprint density at radius 1 is 1.21 bits per heavy atom. The normalized spacial score (nSPS) is 19.0. The molecule has 0 amide bonds. The SMILES string of the molecule is CC(C)C([AsH]S(=O)(=O)c1ccc2c(c1)CC1=C2CCCC1)C(=O)O. The quantitative estimate of drug-likeness (QED) is 0.757. The molecule has 2 unspecified atom stereocenters. The number of carbonyl (C=O) groups is 1. The summed E-state index contributed by atoms with van der Waals surface area (Å²) in [5.74, 6) is -1.16. The Bertz CT molecular complexity index is 808. The summed E-state index contributed by atoms with van der Waals surface area (Å²) in [6.07, 6.45) is 5.50. The van der Waals surface area contributed by atoms with E-state index in [0.717, 1.165) is 24.8 Å². The van der Waals surface area contributed by atoms with Crippen molar-refractivity contribution < 1.29 is 18.3 Å². The first-order valence-corrected chi connectivity index (χ1v) is 13.7. The molecule has 0 spiro atoms. The Hall–Kier alpha value is -1.06. The summed E-state index contributed by atoms with van der Waals surface area (Å²) in [5.41, 5.74) is 5.20. The number of rotatable bonds is 5. The second-order valence-corrected chi connectivity index (χ2v) is 14.9. The number of allylic oxidation sites excluding steroid dienone is 2. The van der Waals surface area contributed by atoms with Gasteiger partial charge in [-0.15, -0.1) is 0 Å². The van der Waals surface area contributed by atoms with E-state index < -0.39 is 33.4 Å². The fourth-order valence-corrected chi connectivity index (χ4v) is 11.1. The Morgan fingerprint density at radius 2 is 1.92 bits per heavy atom. The molecule has 0 saturated carbocycles. The van der Waals surface area contributed by atoms with Gasteiger partial charge in [-0.25, -0.2) is 0 Å². The van der Waals surface area contributed by atoms with Gasteiger partial charge in [0.1, 0.15) is 0 Å². The minimum atomic E-state index is -3.48. The van der Waals surface area contributed by atoms with Gasteiger partial charge in [-0.05, 0) is 0 Å². The van der Waals surface area contributed by atoms with Crippen molar-refractivity contribution in [1.82, 2.24) is 0 Å². The van der Waals surface area contributed by atoms with Crippen LogP contribution in [0.25, 0.3) is 5.57 Å². The van der Waals surface area contributed by atoms with Crippen molar-refractivity contribution in [2.45, 2.75) is 55.6 Å². The van der Waals surface area contributed by atoms with E-state index in [0.29, 0.717) is 4.90 Å². The fourth-order valence-electron chi connectivity index (χ4n) is 3.60. The van der Waals surface area contributed by atoms with Gasteiger partial charge in [0.05, 0.1) is 0 Å². The molecule has 130 valence electrons. The number of fused-ring (bicyclic) bond motifs is 2. The zero-order valence-electron chi connectivity index (χ0n) is 14.0. The maximum absolute atomic E-state index is 12.7. The van der Waals surface area contributed by atoms with Crippen LogP contribution in [-0.2, 0) is 19.3 Å². The molecule has 0 saturated heterocycles. The minimum absolute atomic E-state index is 0.166. The topological polar surface area (TPSA) is 71.4 Å². The summed E-state index contributed by atoms with van der Waals surface area (Å²) >= 11 is -1.67. The van der Waals surface area contributed by atoms with E-state index in [9.17, 15) is 18.3 Å². The van der Waals surface area contributed by atoms with Crippen molar-refractivity contribution in [3.63, 3.8) is 0 Å². The van der Waals surface area contributed by atoms with Crippen molar-refractivity contribution in [3.05, 3.63) is 34.9 Å². The fraction of sp³-hybridized carbons (Fsp3) is 0.500. The van der Waals surface area contributed by atoms with Gasteiger partial charge in [0.2, 0.25) is 0 Å². The molecule has 2 aliphatic carbocycles. The number of hydrogen-bond donors (Lipinski definition) is 1. The van der Waals surface area contributed by atoms with Gasteiger partial charge in [0.15, 0.2) is 0 Å². The van der Waals surface area contributed by atoms with Gasteiger partial charge in [0, 0.05) is 0 Å². The van der Waals surface area contributed by atoms with E-state index in [1.807, 2.05) is 6.07 Å². The number of hydrogen-bond acceptors (Lipinski definition) is 3. The van der Waals surface area contributed by atoms with Crippen LogP contribution in [0, 0.1) is 5.92 Å². The molecule has 3 rings (SSSR count). The van der Waals surface area contributed by atoms with Gasteiger partial charge in [0.25, 0.3) is 0 Å². The van der Waals surface area contributed by atoms with Crippen LogP contribution >= 0.6 is 0 Å². The number of aliphatic carboxylic acids is 1. The molecule has 0 bridgehead atoms. The van der Waals surface area contributed by atoms with Crippen LogP contribution in [0.1, 0.15) is 50.7 Å². The Balaban J connectivity index is 1.88. The van der Waals surface area contributed by atoms with E-state index in [1.165, 1.54) is 29.6 Å². The summed E-state index contributed by atoms with van der Waals surface area (Å²) in [6, 6.07) is 5.42. The molecule has 0 aromatic heterocycles. The van der Waals surface area contributed by atoms with Crippen molar-refractivity contribution in [2.75, 3.05) is 0 Å². The van der Waals surface area contributed by atoms with Gasteiger partial charge in [-0.2, -0.15) is 0 Å². The standard InChI is InChI=1S/C18H23AsO4S/c1-11(2)17(18(20)21)19-24(22,23)14-7-8-16-13(10-14)9-12-5-3-4-6-15(12)16/h7-8,10-11,17,19H,3-6,9H2,1-2H3,(H,20,21). The summed E-state index contributed by atoms with van der Waals surface area (Å²) < 4.78 is 24.7. The third-order valence-corrected chi connectivity index (χ3v) is 13.3. The van der Waals surface area contributed by atoms with E-state index in [1.54, 1.807) is 26.0 Å². The van der Waals surface area contributed by atoms with Gasteiger partial charge in [-0.1, -0.05) is 0 Å². The van der Waals surface area contributed by atoms with E-state index in [-0.39, 0.29) is 5.92 Å². The molecular formula is C18H23AsO4S. The predicted molar refractivity (Wildman–Crippen MR) is 96.1 cm³/mol. The molecule has 1 aromatic carbocycles. The van der Waals surface area contributed by atoms with Gasteiger partial charge in [-0.3, -0.25) is 0 Å². The molecule has 0 radical (unpaired) electrons. The van der Waals surface area contributed by atoms with Crippen LogP contribution in [0.2, 0.25) is 4.71 Å². The molecular weight excluding hydrogens is 387 g/mol. The van der Waals surface area contributed by atoms with Crippen LogP contribution in [0.5, 0.6) is 0 Å². The van der Waals surface area contributed by atoms with Crippen LogP contribution in [0.15, 0.2) is 28.7 Å². The second-order valence-electron chi connectivity index (χ2n) is 6.97. The zero-order chi connectivity index (χ0) is 17.5. The molecule has 1 aromatic rings. The van der Waals surface area contributed by atoms with Crippen molar-refractivity contribution in [3.8, 4) is 0 Å². The third kappa shape index (κ3) is 3.34. The van der Waals surface area contributed by atoms with Crippen molar-refractivity contribution in [1.29, 1.82) is 0 Å². The molecule has 2 atom stereocenters. The first-order chi connectivity index (χ1) is 11.3. The van der Waals surface area contributed by atoms with E-state index in [4.69, 9.17) is 0 Å². The van der Waals surface area contributed by atoms with Crippen molar-refractivity contribution >= 4 is 34.2 Å². The zero-order valence-corrected chi connectivity index (χ0v) is 16.9. The molecule has 0 fully saturated rings. The Morgan fingerprint density at radius 3 is 2.58 bits per heavy atom. The summed E-state index contributed by atoms with van der Waals surface area (Å²) in [4.78, 5) is 11.7. The average molecular weight is 410 g/mol. The number of carboxylic acid groups (broad SMARTS) is 1. The van der Waals surface area contributed by atoms with Crippen LogP contribution in [0.4, 0.5) is 0 Å². The van der Waals surface area contributed by atoms with Gasteiger partial charge >= 0.3 is 149 Å². The Labute approximate surface area is 148 Å². The molecule has 2 aliphatic rings. The monoisotopic (exact) mass is 410 g/mol. The first kappa shape index (κ1) is 17.8. The summed E-state index contributed by atoms with van der Waals surface area (Å²) in [5, 5.41) is 9.31. The van der Waals surface area contributed by atoms with Gasteiger partial charge < -0.3 is 0 Å². The summed E-state index contributed by atoms with van der Waals surface area (Å²) in [6.45, 7) is 3.55. The predicted octanol–water partition coefficient (Wildman–Crippen LogP) is 3.22. The molecule has 0 aliphatic heterocycles. The Kier molecular flexibility index (Phi) is 4.94. The maximum atomic E-state index is 12.7. The summed E-state index contributed by atoms with van der Waals surface area (Å²) in [7, 11) is -3.48. The van der Waals surface area contributed by atoms with E-state index in [2.05, 4.69) is 0 Å². The second kappa shape index (κ2) is 6.68. The van der Waals surface area contributed by atoms with Crippen LogP contribution in [-0.4, -0.2) is 34.1 Å². The first-order valence-electron chi connectivity index (χ1n) is 8.39. The molecule has 6 heteroatoms.